The standard InChI is InChI=1S/C18H42NO3Si.BrH/c1-8-12-15-19(16-13-9-2,17-14-10-3)18(11-4)23(20-5,21-6)22-7;/h18H,8-17H2,1-7H3;1H/q+1;/p-1. The lowest BCUT2D eigenvalue weighted by Crippen LogP contribution is -3.00. The Bertz CT molecular complexity index is 261. The van der Waals surface area contributed by atoms with E-state index in [-0.39, 0.29) is 17.0 Å². The fourth-order valence-electron chi connectivity index (χ4n) is 3.85. The largest absolute Gasteiger partial charge is 1.00 e. The molecule has 0 amide bonds. The highest BCUT2D eigenvalue weighted by atomic mass is 79.9. The normalized spacial score (nSPS) is 13.6. The van der Waals surface area contributed by atoms with E-state index in [4.69, 9.17) is 13.3 Å². The van der Waals surface area contributed by atoms with E-state index in [1.807, 2.05) is 0 Å². The molecule has 1 unspecified atom stereocenters. The molecule has 4 nitrogen and oxygen atoms in total. The molecule has 0 aromatic rings. The lowest BCUT2D eigenvalue weighted by atomic mass is 10.1. The molecule has 0 aliphatic carbocycles. The second kappa shape index (κ2) is 14.7. The van der Waals surface area contributed by atoms with Crippen molar-refractivity contribution >= 4 is 8.80 Å². The topological polar surface area (TPSA) is 27.7 Å². The van der Waals surface area contributed by atoms with Gasteiger partial charge in [-0.25, -0.2) is 0 Å². The third-order valence-electron chi connectivity index (χ3n) is 5.18. The summed E-state index contributed by atoms with van der Waals surface area (Å²) in [5.74, 6) is 0. The first-order valence-corrected chi connectivity index (χ1v) is 11.4. The summed E-state index contributed by atoms with van der Waals surface area (Å²) in [4.78, 5) is 0. The van der Waals surface area contributed by atoms with Crippen LogP contribution in [0, 0.1) is 0 Å². The van der Waals surface area contributed by atoms with Gasteiger partial charge in [0.05, 0.1) is 19.6 Å². The van der Waals surface area contributed by atoms with Crippen molar-refractivity contribution in [3.8, 4) is 0 Å². The van der Waals surface area contributed by atoms with Crippen molar-refractivity contribution in [3.63, 3.8) is 0 Å². The quantitative estimate of drug-likeness (QED) is 0.292. The molecule has 0 spiro atoms. The predicted molar refractivity (Wildman–Crippen MR) is 100 cm³/mol. The van der Waals surface area contributed by atoms with Crippen LogP contribution in [0.2, 0.25) is 0 Å². The minimum atomic E-state index is -2.66. The van der Waals surface area contributed by atoms with Crippen molar-refractivity contribution in [2.45, 2.75) is 78.3 Å². The van der Waals surface area contributed by atoms with E-state index in [0.717, 1.165) is 10.9 Å². The lowest BCUT2D eigenvalue weighted by Gasteiger charge is -2.49. The maximum absolute atomic E-state index is 5.91. The summed E-state index contributed by atoms with van der Waals surface area (Å²) < 4.78 is 18.8. The highest BCUT2D eigenvalue weighted by Gasteiger charge is 2.57. The van der Waals surface area contributed by atoms with E-state index in [9.17, 15) is 0 Å². The Balaban J connectivity index is 0. The summed E-state index contributed by atoms with van der Waals surface area (Å²) >= 11 is 0. The molecule has 0 aromatic carbocycles. The molecule has 0 rings (SSSR count). The summed E-state index contributed by atoms with van der Waals surface area (Å²) in [7, 11) is 2.62. The zero-order chi connectivity index (χ0) is 17.8. The summed E-state index contributed by atoms with van der Waals surface area (Å²) in [6, 6.07) is 0. The number of hydrogen-bond donors (Lipinski definition) is 0. The van der Waals surface area contributed by atoms with Crippen LogP contribution >= 0.6 is 0 Å². The molecule has 0 saturated carbocycles. The van der Waals surface area contributed by atoms with Crippen LogP contribution in [0.15, 0.2) is 0 Å². The van der Waals surface area contributed by atoms with Gasteiger partial charge in [0, 0.05) is 27.8 Å². The maximum atomic E-state index is 5.91. The minimum absolute atomic E-state index is 0. The van der Waals surface area contributed by atoms with Crippen molar-refractivity contribution in [1.29, 1.82) is 0 Å². The van der Waals surface area contributed by atoms with Crippen LogP contribution in [-0.2, 0) is 13.3 Å². The monoisotopic (exact) mass is 427 g/mol. The predicted octanol–water partition coefficient (Wildman–Crippen LogP) is 1.40. The van der Waals surface area contributed by atoms with Crippen molar-refractivity contribution in [1.82, 2.24) is 0 Å². The van der Waals surface area contributed by atoms with Crippen LogP contribution in [0.5, 0.6) is 0 Å². The summed E-state index contributed by atoms with van der Waals surface area (Å²) in [6.07, 6.45) is 8.50. The van der Waals surface area contributed by atoms with Gasteiger partial charge in [-0.15, -0.1) is 0 Å². The molecule has 0 bridgehead atoms. The number of hydrogen-bond acceptors (Lipinski definition) is 3. The Kier molecular flexibility index (Phi) is 16.4. The van der Waals surface area contributed by atoms with Gasteiger partial charge < -0.3 is 34.7 Å². The molecule has 1 atom stereocenters. The summed E-state index contributed by atoms with van der Waals surface area (Å²) in [5, 5.41) is 0. The average molecular weight is 429 g/mol. The van der Waals surface area contributed by atoms with Crippen molar-refractivity contribution < 1.29 is 34.7 Å². The number of rotatable bonds is 15. The van der Waals surface area contributed by atoms with Gasteiger partial charge in [0.2, 0.25) is 0 Å². The lowest BCUT2D eigenvalue weighted by molar-refractivity contribution is -0.943. The number of quaternary nitrogens is 1. The molecule has 0 aliphatic rings. The van der Waals surface area contributed by atoms with E-state index in [2.05, 4.69) is 27.7 Å². The molecule has 6 heteroatoms. The Morgan fingerprint density at radius 3 is 1.25 bits per heavy atom. The molecule has 0 aromatic heterocycles. The molecular formula is C18H42BrNO3Si. The molecule has 24 heavy (non-hydrogen) atoms. The van der Waals surface area contributed by atoms with Crippen LogP contribution in [0.3, 0.4) is 0 Å². The fourth-order valence-corrected chi connectivity index (χ4v) is 6.73. The van der Waals surface area contributed by atoms with Gasteiger partial charge in [0.1, 0.15) is 0 Å². The first-order chi connectivity index (χ1) is 11.1. The SMILES string of the molecule is CCCC[N+](CCCC)(CCCC)C(CC)[Si](OC)(OC)OC.[Br-]. The van der Waals surface area contributed by atoms with Gasteiger partial charge in [-0.1, -0.05) is 47.0 Å². The second-order valence-corrected chi connectivity index (χ2v) is 9.69. The zero-order valence-corrected chi connectivity index (χ0v) is 19.8. The number of nitrogens with zero attached hydrogens (tertiary/aromatic N) is 1. The van der Waals surface area contributed by atoms with Crippen molar-refractivity contribution in [3.05, 3.63) is 0 Å². The average Bonchev–Trinajstić information content (AvgIpc) is 2.60. The number of halogens is 1. The third-order valence-corrected chi connectivity index (χ3v) is 8.66. The smallest absolute Gasteiger partial charge is 0.561 e. The maximum Gasteiger partial charge on any atom is 0.561 e. The molecule has 0 aliphatic heterocycles. The summed E-state index contributed by atoms with van der Waals surface area (Å²) in [6.45, 7) is 12.7. The van der Waals surface area contributed by atoms with E-state index >= 15 is 0 Å². The van der Waals surface area contributed by atoms with E-state index in [0.29, 0.717) is 5.67 Å². The Morgan fingerprint density at radius 1 is 0.708 bits per heavy atom. The molecule has 0 fully saturated rings. The number of unbranched alkanes of at least 4 members (excludes halogenated alkanes) is 3. The molecule has 0 radical (unpaired) electrons. The Hall–Kier alpha value is 0.537. The van der Waals surface area contributed by atoms with Gasteiger partial charge in [-0.2, -0.15) is 0 Å². The molecular weight excluding hydrogens is 386 g/mol. The van der Waals surface area contributed by atoms with E-state index < -0.39 is 8.80 Å². The van der Waals surface area contributed by atoms with Gasteiger partial charge in [0.15, 0.2) is 5.67 Å². The van der Waals surface area contributed by atoms with Gasteiger partial charge >= 0.3 is 8.80 Å². The van der Waals surface area contributed by atoms with Crippen LogP contribution in [0.1, 0.15) is 72.6 Å². The second-order valence-electron chi connectivity index (χ2n) is 6.59. The van der Waals surface area contributed by atoms with Gasteiger partial charge in [-0.3, -0.25) is 0 Å². The summed E-state index contributed by atoms with van der Waals surface area (Å²) in [5.41, 5.74) is 0.326. The van der Waals surface area contributed by atoms with Crippen LogP contribution < -0.4 is 17.0 Å². The highest BCUT2D eigenvalue weighted by Crippen LogP contribution is 2.30. The molecule has 0 saturated heterocycles. The minimum Gasteiger partial charge on any atom is -1.00 e. The Morgan fingerprint density at radius 2 is 1.04 bits per heavy atom. The van der Waals surface area contributed by atoms with Crippen molar-refractivity contribution in [2.75, 3.05) is 41.0 Å². The molecule has 0 N–H and O–H groups in total. The Labute approximate surface area is 163 Å². The van der Waals surface area contributed by atoms with Crippen LogP contribution in [0.25, 0.3) is 0 Å². The van der Waals surface area contributed by atoms with Crippen molar-refractivity contribution in [2.24, 2.45) is 0 Å². The third kappa shape index (κ3) is 7.04. The molecule has 0 heterocycles. The van der Waals surface area contributed by atoms with Crippen LogP contribution in [0.4, 0.5) is 0 Å². The van der Waals surface area contributed by atoms with Crippen LogP contribution in [-0.4, -0.2) is 59.9 Å². The van der Waals surface area contributed by atoms with Gasteiger partial charge in [0.25, 0.3) is 0 Å². The van der Waals surface area contributed by atoms with E-state index in [1.165, 1.54) is 58.2 Å². The fraction of sp³-hybridized carbons (Fsp3) is 1.00. The zero-order valence-electron chi connectivity index (χ0n) is 17.2. The van der Waals surface area contributed by atoms with E-state index in [1.54, 1.807) is 21.3 Å². The van der Waals surface area contributed by atoms with Gasteiger partial charge in [-0.05, 0) is 19.3 Å². The first-order valence-electron chi connectivity index (χ1n) is 9.57. The highest BCUT2D eigenvalue weighted by molar-refractivity contribution is 6.62. The molecule has 148 valence electrons. The first kappa shape index (κ1) is 26.8.